The van der Waals surface area contributed by atoms with E-state index in [2.05, 4.69) is 20.5 Å². The molecule has 0 saturated carbocycles. The van der Waals surface area contributed by atoms with Gasteiger partial charge in [0, 0.05) is 43.5 Å². The molecule has 0 unspecified atom stereocenters. The molecule has 1 fully saturated rings. The smallest absolute Gasteiger partial charge is 0.254 e. The summed E-state index contributed by atoms with van der Waals surface area (Å²) in [5.41, 5.74) is 2.20. The summed E-state index contributed by atoms with van der Waals surface area (Å²) in [6, 6.07) is 11.4. The third-order valence-corrected chi connectivity index (χ3v) is 5.03. The third kappa shape index (κ3) is 5.18. The highest BCUT2D eigenvalue weighted by molar-refractivity contribution is 5.94. The second-order valence-electron chi connectivity index (χ2n) is 7.16. The normalized spacial score (nSPS) is 16.2. The van der Waals surface area contributed by atoms with E-state index in [1.165, 1.54) is 12.1 Å². The second kappa shape index (κ2) is 9.57. The van der Waals surface area contributed by atoms with Crippen LogP contribution in [0.25, 0.3) is 0 Å². The highest BCUT2D eigenvalue weighted by atomic mass is 19.1. The molecule has 31 heavy (non-hydrogen) atoms. The van der Waals surface area contributed by atoms with Gasteiger partial charge in [-0.3, -0.25) is 9.89 Å². The molecule has 0 spiro atoms. The van der Waals surface area contributed by atoms with Crippen molar-refractivity contribution in [1.82, 2.24) is 20.1 Å². The minimum atomic E-state index is -0.330. The Hall–Kier alpha value is -3.46. The number of carbonyl (C=O) groups excluding carboxylic acids is 1. The van der Waals surface area contributed by atoms with Crippen LogP contribution >= 0.6 is 0 Å². The van der Waals surface area contributed by atoms with E-state index in [1.54, 1.807) is 42.4 Å². The Balaban J connectivity index is 1.34. The van der Waals surface area contributed by atoms with Gasteiger partial charge in [0.15, 0.2) is 0 Å². The van der Waals surface area contributed by atoms with Crippen molar-refractivity contribution in [2.45, 2.75) is 12.5 Å². The first-order chi connectivity index (χ1) is 15.1. The number of H-pyrrole nitrogens is 1. The number of hydrogen-bond acceptors (Lipinski definition) is 6. The summed E-state index contributed by atoms with van der Waals surface area (Å²) in [6.45, 7) is 1.76. The molecule has 3 heterocycles. The molecule has 2 aromatic heterocycles. The molecule has 1 saturated heterocycles. The molecule has 1 amide bonds. The number of benzene rings is 1. The fourth-order valence-electron chi connectivity index (χ4n) is 3.40. The summed E-state index contributed by atoms with van der Waals surface area (Å²) >= 11 is 0. The molecule has 9 heteroatoms. The molecule has 162 valence electrons. The van der Waals surface area contributed by atoms with Crippen molar-refractivity contribution in [1.29, 1.82) is 0 Å². The van der Waals surface area contributed by atoms with Crippen LogP contribution in [0.15, 0.2) is 48.7 Å². The van der Waals surface area contributed by atoms with Gasteiger partial charge in [-0.05, 0) is 30.3 Å². The van der Waals surface area contributed by atoms with Gasteiger partial charge in [0.2, 0.25) is 0 Å². The number of pyridine rings is 1. The third-order valence-electron chi connectivity index (χ3n) is 5.03. The van der Waals surface area contributed by atoms with E-state index in [0.717, 1.165) is 11.4 Å². The number of hydrogen-bond donors (Lipinski definition) is 2. The number of halogens is 1. The highest BCUT2D eigenvalue weighted by Crippen LogP contribution is 2.23. The van der Waals surface area contributed by atoms with E-state index in [-0.39, 0.29) is 17.8 Å². The van der Waals surface area contributed by atoms with Crippen LogP contribution in [0.5, 0.6) is 5.75 Å². The van der Waals surface area contributed by atoms with Gasteiger partial charge < -0.3 is 19.7 Å². The van der Waals surface area contributed by atoms with E-state index in [0.29, 0.717) is 49.9 Å². The number of aromatic nitrogens is 3. The number of nitrogens with one attached hydrogen (secondary N) is 2. The molecule has 0 bridgehead atoms. The lowest BCUT2D eigenvalue weighted by atomic mass is 10.1. The van der Waals surface area contributed by atoms with E-state index >= 15 is 0 Å². The van der Waals surface area contributed by atoms with Crippen molar-refractivity contribution in [3.8, 4) is 5.75 Å². The monoisotopic (exact) mass is 425 g/mol. The summed E-state index contributed by atoms with van der Waals surface area (Å²) in [5, 5.41) is 10.3. The number of amides is 1. The molecular formula is C22H24FN5O3. The zero-order valence-electron chi connectivity index (χ0n) is 17.2. The Morgan fingerprint density at radius 1 is 1.35 bits per heavy atom. The van der Waals surface area contributed by atoms with Crippen LogP contribution in [-0.4, -0.2) is 59.3 Å². The number of aromatic amines is 1. The van der Waals surface area contributed by atoms with Crippen LogP contribution in [0.3, 0.4) is 0 Å². The molecule has 1 aliphatic heterocycles. The van der Waals surface area contributed by atoms with Crippen LogP contribution in [0.2, 0.25) is 0 Å². The van der Waals surface area contributed by atoms with E-state index < -0.39 is 0 Å². The van der Waals surface area contributed by atoms with Gasteiger partial charge >= 0.3 is 0 Å². The Bertz CT molecular complexity index is 1040. The SMILES string of the molecule is CNc1cc(C(=O)N2CCO[C@H](c3cc(CCOc4cccc(F)c4)[nH]n3)C2)ccn1. The molecule has 1 aliphatic rings. The Labute approximate surface area is 179 Å². The van der Waals surface area contributed by atoms with Gasteiger partial charge in [0.25, 0.3) is 5.91 Å². The lowest BCUT2D eigenvalue weighted by molar-refractivity contribution is -0.0247. The first-order valence-electron chi connectivity index (χ1n) is 10.1. The number of carbonyl (C=O) groups is 1. The van der Waals surface area contributed by atoms with Gasteiger partial charge in [-0.2, -0.15) is 5.10 Å². The minimum absolute atomic E-state index is 0.0635. The number of rotatable bonds is 7. The zero-order valence-corrected chi connectivity index (χ0v) is 17.2. The number of morpholine rings is 1. The molecular weight excluding hydrogens is 401 g/mol. The lowest BCUT2D eigenvalue weighted by Crippen LogP contribution is -2.42. The van der Waals surface area contributed by atoms with Crippen molar-refractivity contribution in [2.24, 2.45) is 0 Å². The molecule has 0 radical (unpaired) electrons. The molecule has 1 aromatic carbocycles. The molecule has 4 rings (SSSR count). The standard InChI is InChI=1S/C22H24FN5O3/c1-24-21-11-15(5-7-25-21)22(29)28-8-10-31-20(14-28)19-13-17(26-27-19)6-9-30-18-4-2-3-16(23)12-18/h2-5,7,11-13,20H,6,8-10,14H2,1H3,(H,24,25)(H,26,27)/t20-/m0/s1. The van der Waals surface area contributed by atoms with Crippen molar-refractivity contribution in [3.63, 3.8) is 0 Å². The van der Waals surface area contributed by atoms with Crippen molar-refractivity contribution < 1.29 is 18.7 Å². The van der Waals surface area contributed by atoms with Crippen molar-refractivity contribution in [3.05, 3.63) is 71.4 Å². The number of nitrogens with zero attached hydrogens (tertiary/aromatic N) is 3. The van der Waals surface area contributed by atoms with Gasteiger partial charge in [0.1, 0.15) is 23.5 Å². The van der Waals surface area contributed by atoms with E-state index in [9.17, 15) is 9.18 Å². The quantitative estimate of drug-likeness (QED) is 0.605. The van der Waals surface area contributed by atoms with Crippen LogP contribution < -0.4 is 10.1 Å². The maximum absolute atomic E-state index is 13.2. The molecule has 3 aromatic rings. The first-order valence-corrected chi connectivity index (χ1v) is 10.1. The van der Waals surface area contributed by atoms with Crippen LogP contribution in [0, 0.1) is 5.82 Å². The van der Waals surface area contributed by atoms with Crippen molar-refractivity contribution >= 4 is 11.7 Å². The summed E-state index contributed by atoms with van der Waals surface area (Å²) in [4.78, 5) is 18.8. The largest absolute Gasteiger partial charge is 0.493 e. The average molecular weight is 425 g/mol. The number of ether oxygens (including phenoxy) is 2. The maximum Gasteiger partial charge on any atom is 0.254 e. The number of anilines is 1. The fourth-order valence-corrected chi connectivity index (χ4v) is 3.40. The van der Waals surface area contributed by atoms with E-state index in [1.807, 2.05) is 6.07 Å². The van der Waals surface area contributed by atoms with Crippen LogP contribution in [-0.2, 0) is 11.2 Å². The minimum Gasteiger partial charge on any atom is -0.493 e. The molecule has 0 aliphatic carbocycles. The van der Waals surface area contributed by atoms with Gasteiger partial charge in [-0.15, -0.1) is 0 Å². The van der Waals surface area contributed by atoms with Crippen molar-refractivity contribution in [2.75, 3.05) is 38.7 Å². The Morgan fingerprint density at radius 2 is 2.26 bits per heavy atom. The summed E-state index contributed by atoms with van der Waals surface area (Å²) in [6.07, 6.45) is 1.89. The lowest BCUT2D eigenvalue weighted by Gasteiger charge is -2.32. The van der Waals surface area contributed by atoms with Crippen LogP contribution in [0.1, 0.15) is 27.8 Å². The van der Waals surface area contributed by atoms with E-state index in [4.69, 9.17) is 9.47 Å². The maximum atomic E-state index is 13.2. The Morgan fingerprint density at radius 3 is 3.10 bits per heavy atom. The molecule has 1 atom stereocenters. The van der Waals surface area contributed by atoms with Gasteiger partial charge in [-0.1, -0.05) is 6.07 Å². The first kappa shape index (κ1) is 20.8. The Kier molecular flexibility index (Phi) is 6.42. The molecule has 8 nitrogen and oxygen atoms in total. The predicted octanol–water partition coefficient (Wildman–Crippen LogP) is 2.82. The second-order valence-corrected chi connectivity index (χ2v) is 7.16. The van der Waals surface area contributed by atoms with Gasteiger partial charge in [0.05, 0.1) is 25.5 Å². The fraction of sp³-hybridized carbons (Fsp3) is 0.318. The molecule has 2 N–H and O–H groups in total. The summed E-state index contributed by atoms with van der Waals surface area (Å²) < 4.78 is 24.6. The summed E-state index contributed by atoms with van der Waals surface area (Å²) in [5.74, 6) is 0.741. The van der Waals surface area contributed by atoms with Crippen LogP contribution in [0.4, 0.5) is 10.2 Å². The average Bonchev–Trinajstić information content (AvgIpc) is 3.28. The predicted molar refractivity (Wildman–Crippen MR) is 113 cm³/mol. The zero-order chi connectivity index (χ0) is 21.6. The van der Waals surface area contributed by atoms with Gasteiger partial charge in [-0.25, -0.2) is 9.37 Å². The summed E-state index contributed by atoms with van der Waals surface area (Å²) in [7, 11) is 1.76. The topological polar surface area (TPSA) is 92.4 Å². The highest BCUT2D eigenvalue weighted by Gasteiger charge is 2.28.